The minimum Gasteiger partial charge on any atom is -0.367 e. The van der Waals surface area contributed by atoms with Gasteiger partial charge in [-0.05, 0) is 55.3 Å². The molecule has 0 aliphatic carbocycles. The third-order valence-electron chi connectivity index (χ3n) is 7.16. The topological polar surface area (TPSA) is 103 Å². The molecule has 0 radical (unpaired) electrons. The van der Waals surface area contributed by atoms with Gasteiger partial charge in [0.05, 0.1) is 16.3 Å². The van der Waals surface area contributed by atoms with E-state index in [1.165, 1.54) is 35.5 Å². The summed E-state index contributed by atoms with van der Waals surface area (Å²) in [6.07, 6.45) is 2.92. The number of carbonyl (C=O) groups excluding carboxylic acids is 2. The van der Waals surface area contributed by atoms with E-state index in [0.717, 1.165) is 11.1 Å². The van der Waals surface area contributed by atoms with Gasteiger partial charge in [-0.15, -0.1) is 0 Å². The molecule has 2 amide bonds. The molecule has 0 unspecified atom stereocenters. The van der Waals surface area contributed by atoms with Gasteiger partial charge in [0.25, 0.3) is 0 Å². The van der Waals surface area contributed by atoms with Crippen LogP contribution in [0.4, 0.5) is 15.8 Å². The van der Waals surface area contributed by atoms with Crippen molar-refractivity contribution in [2.45, 2.75) is 24.7 Å². The number of amides is 2. The second-order valence-corrected chi connectivity index (χ2v) is 11.6. The van der Waals surface area contributed by atoms with E-state index < -0.39 is 15.9 Å². The molecule has 38 heavy (non-hydrogen) atoms. The van der Waals surface area contributed by atoms with Crippen molar-refractivity contribution in [3.63, 3.8) is 0 Å². The fourth-order valence-electron chi connectivity index (χ4n) is 5.23. The summed E-state index contributed by atoms with van der Waals surface area (Å²) in [6.45, 7) is 4.20. The maximum atomic E-state index is 13.6. The van der Waals surface area contributed by atoms with Gasteiger partial charge in [-0.1, -0.05) is 0 Å². The van der Waals surface area contributed by atoms with E-state index >= 15 is 0 Å². The lowest BCUT2D eigenvalue weighted by atomic mass is 9.97. The number of fused-ring (bicyclic) bond motifs is 1. The van der Waals surface area contributed by atoms with Crippen LogP contribution in [-0.2, 0) is 19.6 Å². The molecule has 1 N–H and O–H groups in total. The van der Waals surface area contributed by atoms with E-state index in [4.69, 9.17) is 0 Å². The molecule has 1 atom stereocenters. The number of sulfonamides is 1. The van der Waals surface area contributed by atoms with Crippen LogP contribution in [0.5, 0.6) is 0 Å². The largest absolute Gasteiger partial charge is 0.367 e. The van der Waals surface area contributed by atoms with Crippen LogP contribution in [0.25, 0.3) is 10.9 Å². The van der Waals surface area contributed by atoms with Crippen LogP contribution in [0, 0.1) is 11.7 Å². The number of benzene rings is 2. The van der Waals surface area contributed by atoms with E-state index in [1.54, 1.807) is 24.4 Å². The molecule has 0 bridgehead atoms. The van der Waals surface area contributed by atoms with Crippen molar-refractivity contribution >= 4 is 44.1 Å². The molecule has 2 saturated heterocycles. The minimum atomic E-state index is -3.76. The Morgan fingerprint density at radius 1 is 1.00 bits per heavy atom. The van der Waals surface area contributed by atoms with Crippen LogP contribution in [0.3, 0.4) is 0 Å². The fourth-order valence-corrected chi connectivity index (χ4v) is 6.76. The SMILES string of the molecule is CC(=O)Nc1ccc(S(=O)(=O)N2CCC[C@@H](C(=O)N3CCN(c4ccnc5cc(F)ccc45)CC3)C2)cc1. The number of halogens is 1. The van der Waals surface area contributed by atoms with Crippen molar-refractivity contribution < 1.29 is 22.4 Å². The number of piperazine rings is 1. The highest BCUT2D eigenvalue weighted by Gasteiger charge is 2.36. The summed E-state index contributed by atoms with van der Waals surface area (Å²) in [7, 11) is -3.76. The fraction of sp³-hybridized carbons (Fsp3) is 0.370. The van der Waals surface area contributed by atoms with E-state index in [1.807, 2.05) is 11.0 Å². The second kappa shape index (κ2) is 10.7. The molecular formula is C27H30FN5O4S. The molecule has 3 aromatic rings. The maximum absolute atomic E-state index is 13.6. The standard InChI is InChI=1S/C27H30FN5O4S/c1-19(34)30-22-5-7-23(8-6-22)38(36,37)33-12-2-3-20(18-33)27(35)32-15-13-31(14-16-32)26-10-11-29-25-17-21(28)4-9-24(25)26/h4-11,17,20H,2-3,12-16,18H2,1H3,(H,30,34)/t20-/m1/s1. The molecule has 3 heterocycles. The van der Waals surface area contributed by atoms with E-state index in [0.29, 0.717) is 56.8 Å². The van der Waals surface area contributed by atoms with Gasteiger partial charge in [0, 0.05) is 75.2 Å². The predicted molar refractivity (Wildman–Crippen MR) is 143 cm³/mol. The highest BCUT2D eigenvalue weighted by Crippen LogP contribution is 2.29. The highest BCUT2D eigenvalue weighted by atomic mass is 32.2. The van der Waals surface area contributed by atoms with Crippen molar-refractivity contribution in [1.29, 1.82) is 0 Å². The number of hydrogen-bond acceptors (Lipinski definition) is 6. The lowest BCUT2D eigenvalue weighted by molar-refractivity contribution is -0.137. The minimum absolute atomic E-state index is 0.0211. The van der Waals surface area contributed by atoms with Crippen LogP contribution in [0.1, 0.15) is 19.8 Å². The molecule has 0 saturated carbocycles. The average Bonchev–Trinajstić information content (AvgIpc) is 2.92. The van der Waals surface area contributed by atoms with Crippen LogP contribution < -0.4 is 10.2 Å². The summed E-state index contributed by atoms with van der Waals surface area (Å²) in [5.41, 5.74) is 2.07. The summed E-state index contributed by atoms with van der Waals surface area (Å²) in [4.78, 5) is 33.0. The second-order valence-electron chi connectivity index (χ2n) is 9.71. The molecule has 2 fully saturated rings. The van der Waals surface area contributed by atoms with Crippen molar-refractivity contribution in [2.75, 3.05) is 49.5 Å². The Hall–Kier alpha value is -3.57. The first-order valence-corrected chi connectivity index (χ1v) is 14.1. The van der Waals surface area contributed by atoms with E-state index in [9.17, 15) is 22.4 Å². The highest BCUT2D eigenvalue weighted by molar-refractivity contribution is 7.89. The van der Waals surface area contributed by atoms with Gasteiger partial charge in [-0.3, -0.25) is 14.6 Å². The van der Waals surface area contributed by atoms with Gasteiger partial charge in [0.1, 0.15) is 5.82 Å². The molecule has 2 aromatic carbocycles. The predicted octanol–water partition coefficient (Wildman–Crippen LogP) is 3.08. The average molecular weight is 540 g/mol. The monoisotopic (exact) mass is 539 g/mol. The number of hydrogen-bond donors (Lipinski definition) is 1. The zero-order chi connectivity index (χ0) is 26.9. The Bertz CT molecular complexity index is 1460. The van der Waals surface area contributed by atoms with Crippen LogP contribution in [-0.4, -0.2) is 73.7 Å². The van der Waals surface area contributed by atoms with Crippen LogP contribution in [0.15, 0.2) is 59.6 Å². The molecule has 2 aliphatic rings. The number of pyridine rings is 1. The zero-order valence-corrected chi connectivity index (χ0v) is 22.0. The first-order valence-electron chi connectivity index (χ1n) is 12.7. The van der Waals surface area contributed by atoms with Gasteiger partial charge in [0.15, 0.2) is 0 Å². The Morgan fingerprint density at radius 3 is 2.45 bits per heavy atom. The summed E-state index contributed by atoms with van der Waals surface area (Å²) >= 11 is 0. The molecule has 0 spiro atoms. The lowest BCUT2D eigenvalue weighted by Crippen LogP contribution is -2.53. The third-order valence-corrected chi connectivity index (χ3v) is 9.04. The van der Waals surface area contributed by atoms with Crippen molar-refractivity contribution in [2.24, 2.45) is 5.92 Å². The molecular weight excluding hydrogens is 509 g/mol. The number of rotatable bonds is 5. The molecule has 200 valence electrons. The number of nitrogens with one attached hydrogen (secondary N) is 1. The van der Waals surface area contributed by atoms with Gasteiger partial charge in [0.2, 0.25) is 21.8 Å². The molecule has 2 aliphatic heterocycles. The quantitative estimate of drug-likeness (QED) is 0.535. The Labute approximate surface area is 221 Å². The van der Waals surface area contributed by atoms with Gasteiger partial charge in [-0.25, -0.2) is 12.8 Å². The van der Waals surface area contributed by atoms with Gasteiger partial charge >= 0.3 is 0 Å². The third kappa shape index (κ3) is 5.34. The van der Waals surface area contributed by atoms with E-state index in [2.05, 4.69) is 15.2 Å². The Kier molecular flexibility index (Phi) is 7.31. The van der Waals surface area contributed by atoms with Crippen LogP contribution in [0.2, 0.25) is 0 Å². The van der Waals surface area contributed by atoms with Crippen molar-refractivity contribution in [1.82, 2.24) is 14.2 Å². The summed E-state index contributed by atoms with van der Waals surface area (Å²) < 4.78 is 41.6. The molecule has 1 aromatic heterocycles. The van der Waals surface area contributed by atoms with Crippen LogP contribution >= 0.6 is 0 Å². The first-order chi connectivity index (χ1) is 18.2. The molecule has 11 heteroatoms. The number of carbonyl (C=O) groups is 2. The normalized spacial score (nSPS) is 18.9. The summed E-state index contributed by atoms with van der Waals surface area (Å²) in [5, 5.41) is 3.49. The van der Waals surface area contributed by atoms with Crippen molar-refractivity contribution in [3.8, 4) is 0 Å². The molecule has 9 nitrogen and oxygen atoms in total. The van der Waals surface area contributed by atoms with Gasteiger partial charge in [-0.2, -0.15) is 4.31 Å². The van der Waals surface area contributed by atoms with Crippen molar-refractivity contribution in [3.05, 3.63) is 60.5 Å². The van der Waals surface area contributed by atoms with E-state index in [-0.39, 0.29) is 29.1 Å². The maximum Gasteiger partial charge on any atom is 0.243 e. The Morgan fingerprint density at radius 2 is 1.74 bits per heavy atom. The lowest BCUT2D eigenvalue weighted by Gasteiger charge is -2.39. The zero-order valence-electron chi connectivity index (χ0n) is 21.1. The smallest absolute Gasteiger partial charge is 0.243 e. The summed E-state index contributed by atoms with van der Waals surface area (Å²) in [6, 6.07) is 12.5. The number of piperidine rings is 1. The van der Waals surface area contributed by atoms with Gasteiger partial charge < -0.3 is 15.1 Å². The summed E-state index contributed by atoms with van der Waals surface area (Å²) in [5.74, 6) is -0.980. The molecule has 5 rings (SSSR count). The first kappa shape index (κ1) is 26.1. The Balaban J connectivity index is 1.22. The number of anilines is 2. The number of aromatic nitrogens is 1. The number of nitrogens with zero attached hydrogens (tertiary/aromatic N) is 4.